The molecule has 0 fully saturated rings. The van der Waals surface area contributed by atoms with E-state index >= 15 is 0 Å². The first-order chi connectivity index (χ1) is 12.8. The number of halogens is 2. The number of likely N-dealkylation sites (N-methyl/N-ethyl adjacent to an activating group) is 1. The van der Waals surface area contributed by atoms with Crippen LogP contribution in [0.4, 0.5) is 5.69 Å². The van der Waals surface area contributed by atoms with Gasteiger partial charge in [-0.25, -0.2) is 0 Å². The van der Waals surface area contributed by atoms with E-state index in [9.17, 15) is 14.4 Å². The molecule has 27 heavy (non-hydrogen) atoms. The maximum Gasteiger partial charge on any atom is 0.251 e. The fraction of sp³-hybridized carbons (Fsp3) is 0.211. The van der Waals surface area contributed by atoms with Crippen molar-refractivity contribution in [1.29, 1.82) is 0 Å². The van der Waals surface area contributed by atoms with Gasteiger partial charge in [0, 0.05) is 18.3 Å². The molecule has 0 unspecified atom stereocenters. The highest BCUT2D eigenvalue weighted by atomic mass is 35.5. The van der Waals surface area contributed by atoms with E-state index in [-0.39, 0.29) is 24.9 Å². The molecule has 0 atom stereocenters. The van der Waals surface area contributed by atoms with Crippen molar-refractivity contribution in [2.75, 3.05) is 25.5 Å². The minimum absolute atomic E-state index is 0.167. The number of benzene rings is 2. The molecule has 6 nitrogen and oxygen atoms in total. The maximum atomic E-state index is 12.1. The lowest BCUT2D eigenvalue weighted by Crippen LogP contribution is -2.41. The summed E-state index contributed by atoms with van der Waals surface area (Å²) >= 11 is 11.7. The number of hydrogen-bond donors (Lipinski definition) is 2. The summed E-state index contributed by atoms with van der Waals surface area (Å²) in [6.07, 6.45) is 0. The Morgan fingerprint density at radius 1 is 1.04 bits per heavy atom. The molecule has 0 saturated carbocycles. The Balaban J connectivity index is 1.83. The Kier molecular flexibility index (Phi) is 7.21. The van der Waals surface area contributed by atoms with Crippen LogP contribution in [0.2, 0.25) is 10.0 Å². The second-order valence-electron chi connectivity index (χ2n) is 5.98. The maximum absolute atomic E-state index is 12.1. The molecular formula is C19H19Cl2N3O3. The average molecular weight is 408 g/mol. The van der Waals surface area contributed by atoms with Crippen molar-refractivity contribution in [2.24, 2.45) is 0 Å². The van der Waals surface area contributed by atoms with E-state index in [1.807, 2.05) is 13.0 Å². The number of rotatable bonds is 6. The second-order valence-corrected chi connectivity index (χ2v) is 6.79. The van der Waals surface area contributed by atoms with E-state index in [1.54, 1.807) is 30.3 Å². The van der Waals surface area contributed by atoms with Crippen LogP contribution in [-0.4, -0.2) is 42.8 Å². The molecule has 2 rings (SSSR count). The number of hydrogen-bond acceptors (Lipinski definition) is 3. The molecule has 0 aliphatic heterocycles. The molecule has 0 aromatic heterocycles. The fourth-order valence-electron chi connectivity index (χ4n) is 2.26. The van der Waals surface area contributed by atoms with Gasteiger partial charge in [0.2, 0.25) is 11.8 Å². The van der Waals surface area contributed by atoms with Gasteiger partial charge in [-0.15, -0.1) is 0 Å². The van der Waals surface area contributed by atoms with Gasteiger partial charge in [-0.05, 0) is 37.3 Å². The highest BCUT2D eigenvalue weighted by Crippen LogP contribution is 2.24. The zero-order chi connectivity index (χ0) is 20.0. The summed E-state index contributed by atoms with van der Waals surface area (Å²) in [5.41, 5.74) is 1.90. The van der Waals surface area contributed by atoms with Gasteiger partial charge in [-0.1, -0.05) is 40.9 Å². The molecular weight excluding hydrogens is 389 g/mol. The van der Waals surface area contributed by atoms with Gasteiger partial charge in [0.15, 0.2) is 0 Å². The van der Waals surface area contributed by atoms with Gasteiger partial charge in [0.1, 0.15) is 0 Å². The largest absolute Gasteiger partial charge is 0.343 e. The molecule has 0 heterocycles. The van der Waals surface area contributed by atoms with Crippen molar-refractivity contribution < 1.29 is 14.4 Å². The molecule has 0 saturated heterocycles. The fourth-order valence-corrected chi connectivity index (χ4v) is 2.56. The number of nitrogens with zero attached hydrogens (tertiary/aromatic N) is 1. The summed E-state index contributed by atoms with van der Waals surface area (Å²) < 4.78 is 0. The lowest BCUT2D eigenvalue weighted by atomic mass is 10.1. The summed E-state index contributed by atoms with van der Waals surface area (Å²) in [5.74, 6) is -1.13. The van der Waals surface area contributed by atoms with E-state index in [1.165, 1.54) is 18.0 Å². The van der Waals surface area contributed by atoms with Crippen molar-refractivity contribution in [3.8, 4) is 0 Å². The molecule has 8 heteroatoms. The number of nitrogens with one attached hydrogen (secondary N) is 2. The Morgan fingerprint density at radius 3 is 2.44 bits per heavy atom. The third kappa shape index (κ3) is 6.27. The molecule has 0 aliphatic rings. The quantitative estimate of drug-likeness (QED) is 0.771. The van der Waals surface area contributed by atoms with Crippen LogP contribution in [0.1, 0.15) is 15.9 Å². The van der Waals surface area contributed by atoms with Gasteiger partial charge in [0.05, 0.1) is 23.1 Å². The van der Waals surface area contributed by atoms with Crippen LogP contribution in [-0.2, 0) is 9.59 Å². The van der Waals surface area contributed by atoms with Crippen LogP contribution in [0.15, 0.2) is 42.5 Å². The predicted molar refractivity (Wildman–Crippen MR) is 106 cm³/mol. The Morgan fingerprint density at radius 2 is 1.78 bits per heavy atom. The number of amides is 3. The third-order valence-corrected chi connectivity index (χ3v) is 4.43. The summed E-state index contributed by atoms with van der Waals surface area (Å²) in [4.78, 5) is 37.5. The summed E-state index contributed by atoms with van der Waals surface area (Å²) in [6.45, 7) is 1.50. The molecule has 0 radical (unpaired) electrons. The van der Waals surface area contributed by atoms with E-state index < -0.39 is 5.91 Å². The summed E-state index contributed by atoms with van der Waals surface area (Å²) in [5, 5.41) is 5.88. The van der Waals surface area contributed by atoms with Crippen LogP contribution in [0.3, 0.4) is 0 Å². The predicted octanol–water partition coefficient (Wildman–Crippen LogP) is 3.13. The van der Waals surface area contributed by atoms with Crippen molar-refractivity contribution in [1.82, 2.24) is 10.2 Å². The third-order valence-electron chi connectivity index (χ3n) is 3.69. The molecule has 2 aromatic rings. The Bertz CT molecular complexity index is 871. The molecule has 142 valence electrons. The van der Waals surface area contributed by atoms with Crippen LogP contribution < -0.4 is 10.6 Å². The van der Waals surface area contributed by atoms with E-state index in [4.69, 9.17) is 23.2 Å². The van der Waals surface area contributed by atoms with Gasteiger partial charge in [-0.2, -0.15) is 0 Å². The van der Waals surface area contributed by atoms with E-state index in [0.717, 1.165) is 5.56 Å². The smallest absolute Gasteiger partial charge is 0.251 e. The monoisotopic (exact) mass is 407 g/mol. The minimum atomic E-state index is -0.394. The van der Waals surface area contributed by atoms with Crippen LogP contribution in [0.5, 0.6) is 0 Å². The Labute approximate surface area is 167 Å². The van der Waals surface area contributed by atoms with Crippen molar-refractivity contribution in [3.63, 3.8) is 0 Å². The van der Waals surface area contributed by atoms with Gasteiger partial charge >= 0.3 is 0 Å². The van der Waals surface area contributed by atoms with Crippen molar-refractivity contribution >= 4 is 46.6 Å². The molecule has 2 N–H and O–H groups in total. The lowest BCUT2D eigenvalue weighted by Gasteiger charge is -2.17. The average Bonchev–Trinajstić information content (AvgIpc) is 2.62. The zero-order valence-corrected chi connectivity index (χ0v) is 16.4. The molecule has 0 bridgehead atoms. The lowest BCUT2D eigenvalue weighted by molar-refractivity contribution is -0.132. The Hall–Kier alpha value is -2.57. The zero-order valence-electron chi connectivity index (χ0n) is 14.9. The standard InChI is InChI=1S/C19H19Cl2N3O3/c1-12-4-3-5-13(8-12)19(27)22-10-18(26)24(2)11-17(25)23-14-6-7-15(20)16(21)9-14/h3-9H,10-11H2,1-2H3,(H,22,27)(H,23,25). The van der Waals surface area contributed by atoms with Gasteiger partial charge in [-0.3, -0.25) is 14.4 Å². The molecule has 3 amide bonds. The number of carbonyl (C=O) groups is 3. The second kappa shape index (κ2) is 9.39. The summed E-state index contributed by atoms with van der Waals surface area (Å²) in [7, 11) is 1.48. The van der Waals surface area contributed by atoms with E-state index in [0.29, 0.717) is 21.3 Å². The van der Waals surface area contributed by atoms with Crippen molar-refractivity contribution in [3.05, 3.63) is 63.6 Å². The normalized spacial score (nSPS) is 10.2. The van der Waals surface area contributed by atoms with Gasteiger partial charge < -0.3 is 15.5 Å². The topological polar surface area (TPSA) is 78.5 Å². The highest BCUT2D eigenvalue weighted by molar-refractivity contribution is 6.42. The number of carbonyl (C=O) groups excluding carboxylic acids is 3. The summed E-state index contributed by atoms with van der Waals surface area (Å²) in [6, 6.07) is 11.7. The number of anilines is 1. The molecule has 0 aliphatic carbocycles. The first-order valence-electron chi connectivity index (χ1n) is 8.10. The molecule has 0 spiro atoms. The highest BCUT2D eigenvalue weighted by Gasteiger charge is 2.15. The number of aryl methyl sites for hydroxylation is 1. The SMILES string of the molecule is Cc1cccc(C(=O)NCC(=O)N(C)CC(=O)Nc2ccc(Cl)c(Cl)c2)c1. The van der Waals surface area contributed by atoms with Crippen molar-refractivity contribution in [2.45, 2.75) is 6.92 Å². The van der Waals surface area contributed by atoms with Crippen LogP contribution in [0.25, 0.3) is 0 Å². The minimum Gasteiger partial charge on any atom is -0.343 e. The van der Waals surface area contributed by atoms with Crippen LogP contribution in [0, 0.1) is 6.92 Å². The van der Waals surface area contributed by atoms with Crippen LogP contribution >= 0.6 is 23.2 Å². The molecule has 2 aromatic carbocycles. The van der Waals surface area contributed by atoms with Gasteiger partial charge in [0.25, 0.3) is 5.91 Å². The first kappa shape index (κ1) is 20.7. The van der Waals surface area contributed by atoms with E-state index in [2.05, 4.69) is 10.6 Å². The first-order valence-corrected chi connectivity index (χ1v) is 8.85.